The van der Waals surface area contributed by atoms with Gasteiger partial charge in [0, 0.05) is 5.41 Å². The summed E-state index contributed by atoms with van der Waals surface area (Å²) < 4.78 is 6.28. The Kier molecular flexibility index (Phi) is 3.49. The van der Waals surface area contributed by atoms with Crippen molar-refractivity contribution in [2.24, 2.45) is 5.41 Å². The molecular weight excluding hydrogens is 232 g/mol. The monoisotopic (exact) mass is 256 g/mol. The summed E-state index contributed by atoms with van der Waals surface area (Å²) in [5, 5.41) is 0. The van der Waals surface area contributed by atoms with Crippen LogP contribution in [0.3, 0.4) is 0 Å². The van der Waals surface area contributed by atoms with Crippen LogP contribution in [-0.2, 0) is 11.2 Å². The fourth-order valence-electron chi connectivity index (χ4n) is 3.94. The Hall–Kier alpha value is -1.08. The second-order valence-corrected chi connectivity index (χ2v) is 6.45. The van der Waals surface area contributed by atoms with Gasteiger partial charge in [0.05, 0.1) is 12.7 Å². The Morgan fingerprint density at radius 1 is 1.26 bits per heavy atom. The fraction of sp³-hybridized carbons (Fsp3) is 0.556. The van der Waals surface area contributed by atoms with Crippen LogP contribution in [0.4, 0.5) is 0 Å². The normalized spacial score (nSPS) is 24.4. The minimum atomic E-state index is 0.292. The lowest BCUT2D eigenvalue weighted by Gasteiger charge is -2.39. The molecule has 0 saturated heterocycles. The van der Waals surface area contributed by atoms with Gasteiger partial charge in [0.2, 0.25) is 0 Å². The second-order valence-electron chi connectivity index (χ2n) is 6.45. The van der Waals surface area contributed by atoms with Gasteiger partial charge >= 0.3 is 0 Å². The van der Waals surface area contributed by atoms with Gasteiger partial charge in [0.15, 0.2) is 0 Å². The minimum absolute atomic E-state index is 0.292. The number of benzene rings is 1. The van der Waals surface area contributed by atoms with Gasteiger partial charge in [0.1, 0.15) is 0 Å². The maximum Gasteiger partial charge on any atom is 0.0891 e. The van der Waals surface area contributed by atoms with Crippen molar-refractivity contribution in [2.75, 3.05) is 6.61 Å². The zero-order chi connectivity index (χ0) is 13.3. The van der Waals surface area contributed by atoms with E-state index in [2.05, 4.69) is 30.8 Å². The van der Waals surface area contributed by atoms with E-state index in [0.29, 0.717) is 18.1 Å². The van der Waals surface area contributed by atoms with E-state index >= 15 is 0 Å². The largest absolute Gasteiger partial charge is 0.369 e. The van der Waals surface area contributed by atoms with E-state index in [1.54, 1.807) is 0 Å². The molecular formula is C18H24O. The molecule has 1 spiro atoms. The molecule has 1 fully saturated rings. The number of ether oxygens (including phenoxy) is 1. The van der Waals surface area contributed by atoms with E-state index in [9.17, 15) is 0 Å². The van der Waals surface area contributed by atoms with Crippen LogP contribution >= 0.6 is 0 Å². The summed E-state index contributed by atoms with van der Waals surface area (Å²) >= 11 is 0. The highest BCUT2D eigenvalue weighted by atomic mass is 16.5. The smallest absolute Gasteiger partial charge is 0.0891 e. The molecule has 1 heteroatoms. The molecule has 0 N–H and O–H groups in total. The molecule has 19 heavy (non-hydrogen) atoms. The average Bonchev–Trinajstić information content (AvgIpc) is 2.70. The van der Waals surface area contributed by atoms with Gasteiger partial charge in [-0.3, -0.25) is 0 Å². The molecule has 1 nitrogen and oxygen atoms in total. The third-order valence-electron chi connectivity index (χ3n) is 4.78. The van der Waals surface area contributed by atoms with Crippen molar-refractivity contribution in [1.29, 1.82) is 0 Å². The summed E-state index contributed by atoms with van der Waals surface area (Å²) in [7, 11) is 0. The van der Waals surface area contributed by atoms with Crippen LogP contribution in [0.5, 0.6) is 0 Å². The van der Waals surface area contributed by atoms with Crippen LogP contribution in [0.2, 0.25) is 0 Å². The van der Waals surface area contributed by atoms with Crippen molar-refractivity contribution in [1.82, 2.24) is 0 Å². The van der Waals surface area contributed by atoms with Crippen LogP contribution < -0.4 is 0 Å². The van der Waals surface area contributed by atoms with E-state index in [4.69, 9.17) is 4.74 Å². The molecule has 0 heterocycles. The van der Waals surface area contributed by atoms with Gasteiger partial charge in [0.25, 0.3) is 0 Å². The molecule has 1 saturated carbocycles. The van der Waals surface area contributed by atoms with E-state index in [1.165, 1.54) is 49.7 Å². The van der Waals surface area contributed by atoms with E-state index in [-0.39, 0.29) is 0 Å². The third kappa shape index (κ3) is 2.36. The molecule has 0 bridgehead atoms. The Bertz CT molecular complexity index is 468. The zero-order valence-electron chi connectivity index (χ0n) is 12.0. The number of hydrogen-bond donors (Lipinski definition) is 0. The highest BCUT2D eigenvalue weighted by Crippen LogP contribution is 2.55. The molecule has 102 valence electrons. The van der Waals surface area contributed by atoms with Crippen molar-refractivity contribution in [3.8, 4) is 0 Å². The number of fused-ring (bicyclic) bond motifs is 1. The molecule has 1 atom stereocenters. The van der Waals surface area contributed by atoms with Crippen LogP contribution in [0.25, 0.3) is 0 Å². The summed E-state index contributed by atoms with van der Waals surface area (Å²) in [5.41, 5.74) is 4.44. The lowest BCUT2D eigenvalue weighted by Crippen LogP contribution is -2.30. The van der Waals surface area contributed by atoms with Gasteiger partial charge in [-0.1, -0.05) is 55.7 Å². The molecule has 1 aromatic rings. The van der Waals surface area contributed by atoms with Gasteiger partial charge in [-0.25, -0.2) is 0 Å². The molecule has 0 aliphatic heterocycles. The second kappa shape index (κ2) is 5.13. The fourth-order valence-corrected chi connectivity index (χ4v) is 3.94. The molecule has 0 amide bonds. The first-order valence-electron chi connectivity index (χ1n) is 7.55. The first-order valence-corrected chi connectivity index (χ1v) is 7.55. The Balaban J connectivity index is 1.90. The number of rotatable bonds is 3. The third-order valence-corrected chi connectivity index (χ3v) is 4.78. The highest BCUT2D eigenvalue weighted by molar-refractivity contribution is 5.37. The first-order chi connectivity index (χ1) is 9.21. The number of hydrogen-bond acceptors (Lipinski definition) is 1. The quantitative estimate of drug-likeness (QED) is 0.704. The Morgan fingerprint density at radius 3 is 2.74 bits per heavy atom. The van der Waals surface area contributed by atoms with E-state index in [1.807, 2.05) is 6.92 Å². The van der Waals surface area contributed by atoms with E-state index < -0.39 is 0 Å². The van der Waals surface area contributed by atoms with Crippen molar-refractivity contribution in [3.63, 3.8) is 0 Å². The summed E-state index contributed by atoms with van der Waals surface area (Å²) in [6.45, 7) is 6.73. The molecule has 0 aromatic heterocycles. The van der Waals surface area contributed by atoms with Gasteiger partial charge in [-0.2, -0.15) is 0 Å². The molecule has 2 aliphatic rings. The minimum Gasteiger partial charge on any atom is -0.369 e. The predicted molar refractivity (Wildman–Crippen MR) is 79.2 cm³/mol. The molecule has 1 aromatic carbocycles. The van der Waals surface area contributed by atoms with Crippen LogP contribution in [0.1, 0.15) is 56.3 Å². The average molecular weight is 256 g/mol. The standard InChI is InChI=1S/C18H24O/c1-14(2)13-19-17-16-9-5-4-8-15(16)12-18(17)10-6-3-7-11-18/h4-5,8-9,17H,1,3,6-7,10-13H2,2H3. The lowest BCUT2D eigenvalue weighted by molar-refractivity contribution is -0.0418. The van der Waals surface area contributed by atoms with Crippen LogP contribution in [0, 0.1) is 5.41 Å². The summed E-state index contributed by atoms with van der Waals surface area (Å²) in [6.07, 6.45) is 8.27. The molecule has 1 unspecified atom stereocenters. The Morgan fingerprint density at radius 2 is 2.00 bits per heavy atom. The van der Waals surface area contributed by atoms with Crippen LogP contribution in [0.15, 0.2) is 36.4 Å². The van der Waals surface area contributed by atoms with Crippen molar-refractivity contribution >= 4 is 0 Å². The lowest BCUT2D eigenvalue weighted by atomic mass is 9.70. The SMILES string of the molecule is C=C(C)COC1c2ccccc2CC12CCCCC2. The maximum atomic E-state index is 6.28. The van der Waals surface area contributed by atoms with Crippen molar-refractivity contribution in [3.05, 3.63) is 47.5 Å². The topological polar surface area (TPSA) is 9.23 Å². The van der Waals surface area contributed by atoms with Crippen molar-refractivity contribution < 1.29 is 4.74 Å². The Labute approximate surface area is 116 Å². The summed E-state index contributed by atoms with van der Waals surface area (Å²) in [6, 6.07) is 8.87. The van der Waals surface area contributed by atoms with Gasteiger partial charge in [-0.05, 0) is 37.3 Å². The first kappa shape index (κ1) is 12.9. The van der Waals surface area contributed by atoms with Crippen molar-refractivity contribution in [2.45, 2.75) is 51.6 Å². The molecule has 0 radical (unpaired) electrons. The van der Waals surface area contributed by atoms with Gasteiger partial charge in [-0.15, -0.1) is 0 Å². The predicted octanol–water partition coefficient (Wildman–Crippen LogP) is 4.83. The maximum absolute atomic E-state index is 6.28. The summed E-state index contributed by atoms with van der Waals surface area (Å²) in [4.78, 5) is 0. The molecule has 2 aliphatic carbocycles. The zero-order valence-corrected chi connectivity index (χ0v) is 12.0. The van der Waals surface area contributed by atoms with Crippen LogP contribution in [-0.4, -0.2) is 6.61 Å². The van der Waals surface area contributed by atoms with E-state index in [0.717, 1.165) is 5.57 Å². The van der Waals surface area contributed by atoms with Gasteiger partial charge < -0.3 is 4.74 Å². The highest BCUT2D eigenvalue weighted by Gasteiger charge is 2.46. The molecule has 3 rings (SSSR count). The summed E-state index contributed by atoms with van der Waals surface area (Å²) in [5.74, 6) is 0.